The number of carboxylic acid groups (broad SMARTS) is 1. The Hall–Kier alpha value is -1.89. The van der Waals surface area contributed by atoms with Gasteiger partial charge in [0.1, 0.15) is 18.0 Å². The van der Waals surface area contributed by atoms with Gasteiger partial charge in [-0.05, 0) is 0 Å². The van der Waals surface area contributed by atoms with Crippen molar-refractivity contribution in [2.75, 3.05) is 49.7 Å². The molecule has 0 spiro atoms. The van der Waals surface area contributed by atoms with E-state index >= 15 is 0 Å². The lowest BCUT2D eigenvalue weighted by molar-refractivity contribution is -0.136. The number of morpholine rings is 1. The Labute approximate surface area is 111 Å². The Kier molecular flexibility index (Phi) is 4.51. The second kappa shape index (κ2) is 6.33. The van der Waals surface area contributed by atoms with E-state index < -0.39 is 5.97 Å². The van der Waals surface area contributed by atoms with Crippen LogP contribution in [0.15, 0.2) is 12.4 Å². The molecule has 1 aromatic heterocycles. The molecule has 1 aromatic rings. The second-order valence-electron chi connectivity index (χ2n) is 4.40. The van der Waals surface area contributed by atoms with Crippen LogP contribution in [0.4, 0.5) is 11.6 Å². The summed E-state index contributed by atoms with van der Waals surface area (Å²) in [6, 6.07) is 1.88. The zero-order valence-corrected chi connectivity index (χ0v) is 10.9. The zero-order valence-electron chi connectivity index (χ0n) is 10.9. The predicted octanol–water partition coefficient (Wildman–Crippen LogP) is 0.224. The number of nitrogens with zero attached hydrogens (tertiary/aromatic N) is 4. The number of carbonyl (C=O) groups is 1. The molecule has 0 radical (unpaired) electrons. The number of aromatic nitrogens is 2. The molecule has 1 aliphatic rings. The van der Waals surface area contributed by atoms with Gasteiger partial charge in [-0.3, -0.25) is 4.79 Å². The molecule has 0 atom stereocenters. The highest BCUT2D eigenvalue weighted by molar-refractivity contribution is 5.67. The van der Waals surface area contributed by atoms with Crippen molar-refractivity contribution in [2.45, 2.75) is 6.42 Å². The highest BCUT2D eigenvalue weighted by atomic mass is 16.5. The molecule has 7 heteroatoms. The maximum absolute atomic E-state index is 10.6. The molecule has 2 rings (SSSR count). The topological polar surface area (TPSA) is 78.8 Å². The minimum atomic E-state index is -0.811. The fourth-order valence-electron chi connectivity index (χ4n) is 1.89. The van der Waals surface area contributed by atoms with E-state index in [1.165, 1.54) is 6.33 Å². The third kappa shape index (κ3) is 3.78. The van der Waals surface area contributed by atoms with Crippen LogP contribution in [0, 0.1) is 0 Å². The van der Waals surface area contributed by atoms with Crippen molar-refractivity contribution in [1.29, 1.82) is 0 Å². The van der Waals surface area contributed by atoms with Gasteiger partial charge in [0.15, 0.2) is 0 Å². The number of ether oxygens (including phenoxy) is 1. The van der Waals surface area contributed by atoms with E-state index in [1.807, 2.05) is 18.0 Å². The number of hydrogen-bond donors (Lipinski definition) is 1. The quantitative estimate of drug-likeness (QED) is 0.817. The summed E-state index contributed by atoms with van der Waals surface area (Å²) in [4.78, 5) is 23.0. The lowest BCUT2D eigenvalue weighted by atomic mass is 10.3. The van der Waals surface area contributed by atoms with E-state index in [0.29, 0.717) is 19.8 Å². The normalized spacial score (nSPS) is 15.3. The zero-order chi connectivity index (χ0) is 13.7. The maximum Gasteiger partial charge on any atom is 0.305 e. The average Bonchev–Trinajstić information content (AvgIpc) is 2.46. The summed E-state index contributed by atoms with van der Waals surface area (Å²) < 4.78 is 5.30. The van der Waals surface area contributed by atoms with Gasteiger partial charge >= 0.3 is 5.97 Å². The van der Waals surface area contributed by atoms with Crippen LogP contribution in [-0.2, 0) is 9.53 Å². The van der Waals surface area contributed by atoms with Crippen molar-refractivity contribution in [3.8, 4) is 0 Å². The number of anilines is 2. The fourth-order valence-corrected chi connectivity index (χ4v) is 1.89. The average molecular weight is 266 g/mol. The lowest BCUT2D eigenvalue weighted by Crippen LogP contribution is -2.37. The summed E-state index contributed by atoms with van der Waals surface area (Å²) >= 11 is 0. The Morgan fingerprint density at radius 2 is 2.21 bits per heavy atom. The summed E-state index contributed by atoms with van der Waals surface area (Å²) in [6.45, 7) is 3.46. The largest absolute Gasteiger partial charge is 0.481 e. The minimum absolute atomic E-state index is 0.0907. The molecule has 0 aliphatic carbocycles. The third-order valence-corrected chi connectivity index (χ3v) is 3.03. The highest BCUT2D eigenvalue weighted by Crippen LogP contribution is 2.17. The number of aliphatic carboxylic acids is 1. The van der Waals surface area contributed by atoms with Crippen molar-refractivity contribution in [3.05, 3.63) is 12.4 Å². The first-order chi connectivity index (χ1) is 9.16. The molecule has 0 unspecified atom stereocenters. The number of rotatable bonds is 5. The molecule has 1 saturated heterocycles. The van der Waals surface area contributed by atoms with E-state index in [1.54, 1.807) is 0 Å². The van der Waals surface area contributed by atoms with E-state index in [0.717, 1.165) is 24.7 Å². The molecule has 1 N–H and O–H groups in total. The van der Waals surface area contributed by atoms with Gasteiger partial charge in [0.05, 0.1) is 19.6 Å². The van der Waals surface area contributed by atoms with Crippen LogP contribution >= 0.6 is 0 Å². The van der Waals surface area contributed by atoms with E-state index in [9.17, 15) is 4.79 Å². The van der Waals surface area contributed by atoms with Crippen molar-refractivity contribution >= 4 is 17.6 Å². The summed E-state index contributed by atoms with van der Waals surface area (Å²) in [5.41, 5.74) is 0. The van der Waals surface area contributed by atoms with Gasteiger partial charge in [0.25, 0.3) is 0 Å². The minimum Gasteiger partial charge on any atom is -0.481 e. The van der Waals surface area contributed by atoms with E-state index in [2.05, 4.69) is 14.9 Å². The molecule has 0 saturated carbocycles. The first kappa shape index (κ1) is 13.5. The lowest BCUT2D eigenvalue weighted by Gasteiger charge is -2.28. The molecule has 0 aromatic carbocycles. The van der Waals surface area contributed by atoms with Gasteiger partial charge in [0, 0.05) is 32.7 Å². The molecule has 1 aliphatic heterocycles. The van der Waals surface area contributed by atoms with E-state index in [-0.39, 0.29) is 6.42 Å². The summed E-state index contributed by atoms with van der Waals surface area (Å²) in [5.74, 6) is 0.780. The first-order valence-electron chi connectivity index (χ1n) is 6.24. The highest BCUT2D eigenvalue weighted by Gasteiger charge is 2.14. The van der Waals surface area contributed by atoms with Crippen LogP contribution in [-0.4, -0.2) is 60.9 Å². The summed E-state index contributed by atoms with van der Waals surface area (Å²) in [5, 5.41) is 8.69. The Bertz CT molecular complexity index is 435. The number of hydrogen-bond acceptors (Lipinski definition) is 6. The molecule has 1 fully saturated rings. The van der Waals surface area contributed by atoms with Crippen LogP contribution in [0.3, 0.4) is 0 Å². The third-order valence-electron chi connectivity index (χ3n) is 3.03. The fraction of sp³-hybridized carbons (Fsp3) is 0.583. The van der Waals surface area contributed by atoms with Crippen LogP contribution in [0.25, 0.3) is 0 Å². The summed E-state index contributed by atoms with van der Waals surface area (Å²) in [6.07, 6.45) is 1.60. The molecule has 7 nitrogen and oxygen atoms in total. The van der Waals surface area contributed by atoms with Gasteiger partial charge in [-0.15, -0.1) is 0 Å². The van der Waals surface area contributed by atoms with Crippen LogP contribution in [0.5, 0.6) is 0 Å². The first-order valence-corrected chi connectivity index (χ1v) is 6.24. The van der Waals surface area contributed by atoms with Gasteiger partial charge in [-0.25, -0.2) is 9.97 Å². The van der Waals surface area contributed by atoms with Gasteiger partial charge < -0.3 is 19.6 Å². The molecular weight excluding hydrogens is 248 g/mol. The standard InChI is InChI=1S/C12H18N4O3/c1-15(3-2-12(17)18)10-8-11(14-9-13-10)16-4-6-19-7-5-16/h8-9H,2-7H2,1H3,(H,17,18). The van der Waals surface area contributed by atoms with Crippen LogP contribution < -0.4 is 9.80 Å². The van der Waals surface area contributed by atoms with Crippen molar-refractivity contribution < 1.29 is 14.6 Å². The van der Waals surface area contributed by atoms with E-state index in [4.69, 9.17) is 9.84 Å². The van der Waals surface area contributed by atoms with Gasteiger partial charge in [0.2, 0.25) is 0 Å². The monoisotopic (exact) mass is 266 g/mol. The molecular formula is C12H18N4O3. The van der Waals surface area contributed by atoms with Crippen LogP contribution in [0.2, 0.25) is 0 Å². The second-order valence-corrected chi connectivity index (χ2v) is 4.40. The molecule has 0 amide bonds. The number of carboxylic acids is 1. The maximum atomic E-state index is 10.6. The molecule has 19 heavy (non-hydrogen) atoms. The predicted molar refractivity (Wildman–Crippen MR) is 70.6 cm³/mol. The molecule has 0 bridgehead atoms. The van der Waals surface area contributed by atoms with Crippen molar-refractivity contribution in [2.24, 2.45) is 0 Å². The SMILES string of the molecule is CN(CCC(=O)O)c1cc(N2CCOCC2)ncn1. The van der Waals surface area contributed by atoms with Crippen molar-refractivity contribution in [1.82, 2.24) is 9.97 Å². The van der Waals surface area contributed by atoms with Gasteiger partial charge in [-0.2, -0.15) is 0 Å². The molecule has 104 valence electrons. The Morgan fingerprint density at radius 1 is 1.47 bits per heavy atom. The Morgan fingerprint density at radius 3 is 2.89 bits per heavy atom. The molecule has 2 heterocycles. The van der Waals surface area contributed by atoms with Gasteiger partial charge in [-0.1, -0.05) is 0 Å². The van der Waals surface area contributed by atoms with Crippen LogP contribution in [0.1, 0.15) is 6.42 Å². The smallest absolute Gasteiger partial charge is 0.305 e. The summed E-state index contributed by atoms with van der Waals surface area (Å²) in [7, 11) is 1.83. The van der Waals surface area contributed by atoms with Crippen molar-refractivity contribution in [3.63, 3.8) is 0 Å². The Balaban J connectivity index is 2.03.